The largest absolute Gasteiger partial charge is 0.512 e. The monoisotopic (exact) mass is 309 g/mol. The van der Waals surface area contributed by atoms with E-state index in [1.54, 1.807) is 10.8 Å². The number of amides is 2. The number of fused-ring (bicyclic) bond motifs is 3. The number of carbonyl (C=O) groups excluding carboxylic acids is 2. The Balaban J connectivity index is 1.80. The summed E-state index contributed by atoms with van der Waals surface area (Å²) in [7, 11) is 0. The van der Waals surface area contributed by atoms with Gasteiger partial charge >= 0.3 is 11.9 Å². The number of nitrogens with one attached hydrogen (secondary N) is 1. The van der Waals surface area contributed by atoms with Crippen molar-refractivity contribution >= 4 is 17.6 Å². The summed E-state index contributed by atoms with van der Waals surface area (Å²) in [6.07, 6.45) is 6.54. The van der Waals surface area contributed by atoms with Crippen molar-refractivity contribution in [1.82, 2.24) is 0 Å². The van der Waals surface area contributed by atoms with Gasteiger partial charge in [-0.25, -0.2) is 9.78 Å². The van der Waals surface area contributed by atoms with E-state index >= 15 is 0 Å². The topological polar surface area (TPSA) is 55.4 Å². The maximum atomic E-state index is 12.9. The van der Waals surface area contributed by atoms with Gasteiger partial charge in [0, 0.05) is 12.8 Å². The molecule has 0 saturated heterocycles. The van der Waals surface area contributed by atoms with Crippen LogP contribution in [0.4, 0.5) is 10.5 Å². The zero-order chi connectivity index (χ0) is 16.0. The molecule has 5 nitrogen and oxygen atoms in total. The lowest BCUT2D eigenvalue weighted by Gasteiger charge is -2.09. The molecule has 0 atom stereocenters. The second-order valence-corrected chi connectivity index (χ2v) is 6.08. The van der Waals surface area contributed by atoms with Gasteiger partial charge in [-0.2, -0.15) is 4.79 Å². The lowest BCUT2D eigenvalue weighted by Crippen LogP contribution is -2.52. The van der Waals surface area contributed by atoms with Crippen LogP contribution in [0.15, 0.2) is 30.5 Å². The fourth-order valence-electron chi connectivity index (χ4n) is 3.44. The van der Waals surface area contributed by atoms with E-state index in [4.69, 9.17) is 0 Å². The Morgan fingerprint density at radius 3 is 2.61 bits per heavy atom. The van der Waals surface area contributed by atoms with Crippen molar-refractivity contribution in [3.05, 3.63) is 53.1 Å². The first-order valence-electron chi connectivity index (χ1n) is 8.17. The van der Waals surface area contributed by atoms with Gasteiger partial charge < -0.3 is 0 Å². The minimum atomic E-state index is -0.263. The maximum Gasteiger partial charge on any atom is 0.512 e. The molecule has 23 heavy (non-hydrogen) atoms. The van der Waals surface area contributed by atoms with Crippen molar-refractivity contribution < 1.29 is 19.1 Å². The normalized spacial score (nSPS) is 16.5. The molecule has 1 aliphatic carbocycles. The number of nitrogens with zero attached hydrogens (tertiary/aromatic N) is 2. The number of imide groups is 1. The van der Waals surface area contributed by atoms with Crippen LogP contribution in [-0.2, 0) is 19.3 Å². The van der Waals surface area contributed by atoms with Crippen LogP contribution in [-0.4, -0.2) is 11.9 Å². The third-order valence-electron chi connectivity index (χ3n) is 4.74. The molecule has 0 bridgehead atoms. The van der Waals surface area contributed by atoms with Gasteiger partial charge in [-0.05, 0) is 37.0 Å². The summed E-state index contributed by atoms with van der Waals surface area (Å²) in [5.74, 6) is -0.260. The summed E-state index contributed by atoms with van der Waals surface area (Å²) in [5, 5.41) is 0. The van der Waals surface area contributed by atoms with Crippen molar-refractivity contribution in [2.24, 2.45) is 0 Å². The van der Waals surface area contributed by atoms with E-state index in [0.717, 1.165) is 43.5 Å². The fraction of sp³-hybridized carbons (Fsp3) is 0.333. The molecule has 0 radical (unpaired) electrons. The van der Waals surface area contributed by atoms with Gasteiger partial charge in [-0.3, -0.25) is 0 Å². The van der Waals surface area contributed by atoms with Crippen molar-refractivity contribution in [2.45, 2.75) is 39.0 Å². The second-order valence-electron chi connectivity index (χ2n) is 6.08. The summed E-state index contributed by atoms with van der Waals surface area (Å²) in [6, 6.07) is 7.35. The molecule has 1 aromatic carbocycles. The Bertz CT molecular complexity index is 812. The molecule has 1 N–H and O–H groups in total. The lowest BCUT2D eigenvalue weighted by atomic mass is 10.00. The molecule has 116 valence electrons. The second kappa shape index (κ2) is 5.26. The summed E-state index contributed by atoms with van der Waals surface area (Å²) in [5.41, 5.74) is 4.27. The highest BCUT2D eigenvalue weighted by atomic mass is 16.2. The number of aromatic amines is 1. The first kappa shape index (κ1) is 14.1. The molecule has 0 saturated carbocycles. The molecule has 4 rings (SSSR count). The SMILES string of the molecule is CCc1ccc(N2C(=O)c3c[nH+]c4c([n+]3C2=O)CCCC4)cc1. The van der Waals surface area contributed by atoms with Crippen LogP contribution in [0.3, 0.4) is 0 Å². The van der Waals surface area contributed by atoms with E-state index in [1.807, 2.05) is 24.3 Å². The summed E-state index contributed by atoms with van der Waals surface area (Å²) in [4.78, 5) is 30.1. The van der Waals surface area contributed by atoms with Crippen LogP contribution in [0.5, 0.6) is 0 Å². The molecule has 5 heteroatoms. The van der Waals surface area contributed by atoms with Gasteiger partial charge in [-0.15, -0.1) is 9.47 Å². The molecule has 1 aromatic heterocycles. The third kappa shape index (κ3) is 2.07. The molecular weight excluding hydrogens is 290 g/mol. The number of hydrogen-bond acceptors (Lipinski definition) is 2. The zero-order valence-corrected chi connectivity index (χ0v) is 13.1. The minimum absolute atomic E-state index is 0.260. The number of hydrogen-bond donors (Lipinski definition) is 0. The molecule has 1 aliphatic heterocycles. The highest BCUT2D eigenvalue weighted by molar-refractivity contribution is 6.20. The van der Waals surface area contributed by atoms with Crippen LogP contribution in [0.25, 0.3) is 0 Å². The standard InChI is InChI=1S/C18H18N3O2/c1-2-12-7-9-13(10-8-12)20-17(22)16-11-19-14-5-3-4-6-15(14)21(16)18(20)23/h7-11H,2-6H2,1H3/q+1/p+1. The quantitative estimate of drug-likeness (QED) is 0.795. The first-order chi connectivity index (χ1) is 11.2. The van der Waals surface area contributed by atoms with Gasteiger partial charge in [0.05, 0.1) is 0 Å². The number of H-pyrrole nitrogens is 1. The molecule has 0 fully saturated rings. The average Bonchev–Trinajstić information content (AvgIpc) is 2.86. The van der Waals surface area contributed by atoms with Crippen LogP contribution >= 0.6 is 0 Å². The van der Waals surface area contributed by atoms with Gasteiger partial charge in [0.15, 0.2) is 5.69 Å². The number of aromatic nitrogens is 2. The summed E-state index contributed by atoms with van der Waals surface area (Å²) < 4.78 is 1.60. The Labute approximate surface area is 134 Å². The average molecular weight is 309 g/mol. The molecule has 2 heterocycles. The first-order valence-corrected chi connectivity index (χ1v) is 8.17. The van der Waals surface area contributed by atoms with Gasteiger partial charge in [-0.1, -0.05) is 19.1 Å². The number of benzene rings is 1. The van der Waals surface area contributed by atoms with Crippen LogP contribution in [0.1, 0.15) is 47.2 Å². The molecule has 0 spiro atoms. The highest BCUT2D eigenvalue weighted by Crippen LogP contribution is 2.23. The van der Waals surface area contributed by atoms with Crippen LogP contribution < -0.4 is 14.5 Å². The Morgan fingerprint density at radius 2 is 1.87 bits per heavy atom. The van der Waals surface area contributed by atoms with Crippen molar-refractivity contribution in [1.29, 1.82) is 0 Å². The van der Waals surface area contributed by atoms with Crippen molar-refractivity contribution in [3.8, 4) is 0 Å². The Hall–Kier alpha value is -2.56. The van der Waals surface area contributed by atoms with E-state index in [9.17, 15) is 9.59 Å². The number of anilines is 1. The van der Waals surface area contributed by atoms with Gasteiger partial charge in [0.25, 0.3) is 5.69 Å². The maximum absolute atomic E-state index is 12.9. The van der Waals surface area contributed by atoms with E-state index in [1.165, 1.54) is 10.5 Å². The molecule has 2 amide bonds. The number of rotatable bonds is 2. The van der Waals surface area contributed by atoms with Crippen LogP contribution in [0, 0.1) is 0 Å². The van der Waals surface area contributed by atoms with E-state index in [-0.39, 0.29) is 11.9 Å². The third-order valence-corrected chi connectivity index (χ3v) is 4.74. The predicted molar refractivity (Wildman–Crippen MR) is 83.3 cm³/mol. The predicted octanol–water partition coefficient (Wildman–Crippen LogP) is 1.86. The fourth-order valence-corrected chi connectivity index (χ4v) is 3.44. The lowest BCUT2D eigenvalue weighted by molar-refractivity contribution is -0.596. The molecule has 2 aromatic rings. The van der Waals surface area contributed by atoms with E-state index < -0.39 is 0 Å². The Morgan fingerprint density at radius 1 is 1.13 bits per heavy atom. The highest BCUT2D eigenvalue weighted by Gasteiger charge is 2.51. The smallest absolute Gasteiger partial charge is 0.236 e. The summed E-state index contributed by atoms with van der Waals surface area (Å²) in [6.45, 7) is 2.08. The van der Waals surface area contributed by atoms with Crippen LogP contribution in [0.2, 0.25) is 0 Å². The minimum Gasteiger partial charge on any atom is -0.236 e. The van der Waals surface area contributed by atoms with Crippen molar-refractivity contribution in [2.75, 3.05) is 4.90 Å². The molecule has 0 unspecified atom stereocenters. The molecular formula is C18H19N3O2+2. The van der Waals surface area contributed by atoms with Gasteiger partial charge in [0.2, 0.25) is 11.9 Å². The van der Waals surface area contributed by atoms with Gasteiger partial charge in [0.1, 0.15) is 5.69 Å². The van der Waals surface area contributed by atoms with E-state index in [2.05, 4.69) is 11.9 Å². The number of carbonyl (C=O) groups is 2. The van der Waals surface area contributed by atoms with Crippen molar-refractivity contribution in [3.63, 3.8) is 0 Å². The Kier molecular flexibility index (Phi) is 3.22. The number of aryl methyl sites for hydroxylation is 2. The zero-order valence-electron chi connectivity index (χ0n) is 13.1. The molecule has 2 aliphatic rings. The summed E-state index contributed by atoms with van der Waals surface area (Å²) >= 11 is 0. The van der Waals surface area contributed by atoms with E-state index in [0.29, 0.717) is 11.4 Å².